The monoisotopic (exact) mass is 286 g/mol. The zero-order valence-corrected chi connectivity index (χ0v) is 11.2. The minimum absolute atomic E-state index is 0.0555. The lowest BCUT2D eigenvalue weighted by molar-refractivity contribution is 0.173. The van der Waals surface area contributed by atoms with Crippen LogP contribution in [0.3, 0.4) is 0 Å². The summed E-state index contributed by atoms with van der Waals surface area (Å²) >= 11 is 0. The summed E-state index contributed by atoms with van der Waals surface area (Å²) in [4.78, 5) is 0. The third-order valence-corrected chi connectivity index (χ3v) is 3.14. The topological polar surface area (TPSA) is 86.3 Å². The smallest absolute Gasteiger partial charge is 0.231 e. The van der Waals surface area contributed by atoms with E-state index in [0.717, 1.165) is 5.56 Å². The number of benzene rings is 2. The lowest BCUT2D eigenvalue weighted by Gasteiger charge is -2.10. The molecule has 0 unspecified atom stereocenters. The molecule has 0 aromatic heterocycles. The van der Waals surface area contributed by atoms with Crippen molar-refractivity contribution in [2.45, 2.75) is 6.61 Å². The Morgan fingerprint density at radius 2 is 2.00 bits per heavy atom. The number of rotatable bonds is 4. The lowest BCUT2D eigenvalue weighted by Crippen LogP contribution is -2.16. The van der Waals surface area contributed by atoms with Crippen molar-refractivity contribution in [2.24, 2.45) is 10.9 Å². The van der Waals surface area contributed by atoms with Crippen LogP contribution < -0.4 is 19.9 Å². The first kappa shape index (κ1) is 13.1. The zero-order valence-electron chi connectivity index (χ0n) is 11.2. The van der Waals surface area contributed by atoms with Crippen LogP contribution in [0.4, 0.5) is 0 Å². The highest BCUT2D eigenvalue weighted by atomic mass is 16.7. The van der Waals surface area contributed by atoms with Crippen LogP contribution in [0.1, 0.15) is 11.1 Å². The van der Waals surface area contributed by atoms with Gasteiger partial charge in [-0.25, -0.2) is 0 Å². The summed E-state index contributed by atoms with van der Waals surface area (Å²) in [7, 11) is 0. The van der Waals surface area contributed by atoms with Gasteiger partial charge in [0, 0.05) is 17.2 Å². The Morgan fingerprint density at radius 1 is 1.19 bits per heavy atom. The van der Waals surface area contributed by atoms with E-state index < -0.39 is 0 Å². The van der Waals surface area contributed by atoms with Crippen molar-refractivity contribution in [3.05, 3.63) is 53.6 Å². The van der Waals surface area contributed by atoms with Gasteiger partial charge in [0.05, 0.1) is 0 Å². The maximum atomic E-state index is 8.80. The largest absolute Gasteiger partial charge is 0.489 e. The van der Waals surface area contributed by atoms with Crippen molar-refractivity contribution in [3.8, 4) is 17.2 Å². The summed E-state index contributed by atoms with van der Waals surface area (Å²) in [6.07, 6.45) is 0. The molecule has 1 aliphatic heterocycles. The van der Waals surface area contributed by atoms with Crippen LogP contribution in [0.25, 0.3) is 0 Å². The Morgan fingerprint density at radius 3 is 2.86 bits per heavy atom. The average Bonchev–Trinajstić information content (AvgIpc) is 3.00. The van der Waals surface area contributed by atoms with Crippen molar-refractivity contribution in [3.63, 3.8) is 0 Å². The summed E-state index contributed by atoms with van der Waals surface area (Å²) in [5.41, 5.74) is 7.11. The molecule has 21 heavy (non-hydrogen) atoms. The number of amidine groups is 1. The molecule has 0 bridgehead atoms. The van der Waals surface area contributed by atoms with Crippen molar-refractivity contribution in [1.82, 2.24) is 0 Å². The molecular formula is C15H14N2O4. The summed E-state index contributed by atoms with van der Waals surface area (Å²) < 4.78 is 16.3. The van der Waals surface area contributed by atoms with Gasteiger partial charge in [0.15, 0.2) is 17.3 Å². The van der Waals surface area contributed by atoms with E-state index in [1.807, 2.05) is 18.2 Å². The van der Waals surface area contributed by atoms with Crippen LogP contribution in [0, 0.1) is 0 Å². The molecular weight excluding hydrogens is 272 g/mol. The Balaban J connectivity index is 1.76. The third kappa shape index (κ3) is 2.69. The highest BCUT2D eigenvalue weighted by Crippen LogP contribution is 2.35. The minimum atomic E-state index is 0.0555. The van der Waals surface area contributed by atoms with Crippen LogP contribution in [-0.2, 0) is 6.61 Å². The molecule has 1 aliphatic rings. The number of oxime groups is 1. The number of ether oxygens (including phenoxy) is 3. The summed E-state index contributed by atoms with van der Waals surface area (Å²) in [5.74, 6) is 2.09. The van der Waals surface area contributed by atoms with E-state index in [9.17, 15) is 0 Å². The maximum absolute atomic E-state index is 8.80. The van der Waals surface area contributed by atoms with Crippen LogP contribution in [0.5, 0.6) is 17.2 Å². The van der Waals surface area contributed by atoms with Crippen LogP contribution in [0.2, 0.25) is 0 Å². The van der Waals surface area contributed by atoms with E-state index in [2.05, 4.69) is 5.16 Å². The highest BCUT2D eigenvalue weighted by molar-refractivity contribution is 5.98. The fourth-order valence-electron chi connectivity index (χ4n) is 2.08. The lowest BCUT2D eigenvalue weighted by atomic mass is 10.1. The van der Waals surface area contributed by atoms with Gasteiger partial charge >= 0.3 is 0 Å². The number of hydrogen-bond acceptors (Lipinski definition) is 5. The summed E-state index contributed by atoms with van der Waals surface area (Å²) in [5, 5.41) is 11.8. The molecule has 0 fully saturated rings. The van der Waals surface area contributed by atoms with Crippen molar-refractivity contribution in [2.75, 3.05) is 6.79 Å². The Hall–Kier alpha value is -2.89. The van der Waals surface area contributed by atoms with E-state index in [-0.39, 0.29) is 12.6 Å². The Bertz CT molecular complexity index is 685. The molecule has 1 heterocycles. The standard InChI is InChI=1S/C15H14N2O4/c16-15(17-18)12-4-2-1-3-10(12)8-19-11-5-6-13-14(7-11)21-9-20-13/h1-7,18H,8-9H2,(H2,16,17). The first-order valence-corrected chi connectivity index (χ1v) is 6.36. The molecule has 0 spiro atoms. The predicted octanol–water partition coefficient (Wildman–Crippen LogP) is 2.09. The quantitative estimate of drug-likeness (QED) is 0.389. The molecule has 0 radical (unpaired) electrons. The minimum Gasteiger partial charge on any atom is -0.489 e. The van der Waals surface area contributed by atoms with Crippen molar-refractivity contribution in [1.29, 1.82) is 0 Å². The van der Waals surface area contributed by atoms with Gasteiger partial charge in [-0.15, -0.1) is 0 Å². The maximum Gasteiger partial charge on any atom is 0.231 e. The fourth-order valence-corrected chi connectivity index (χ4v) is 2.08. The molecule has 0 saturated heterocycles. The number of nitrogens with two attached hydrogens (primary N) is 1. The van der Waals surface area contributed by atoms with Gasteiger partial charge in [-0.1, -0.05) is 29.4 Å². The van der Waals surface area contributed by atoms with Crippen molar-refractivity contribution >= 4 is 5.84 Å². The number of nitrogens with zero attached hydrogens (tertiary/aromatic N) is 1. The van der Waals surface area contributed by atoms with Gasteiger partial charge in [0.1, 0.15) is 12.4 Å². The number of fused-ring (bicyclic) bond motifs is 1. The zero-order chi connectivity index (χ0) is 14.7. The molecule has 0 aliphatic carbocycles. The van der Waals surface area contributed by atoms with Gasteiger partial charge in [-0.3, -0.25) is 0 Å². The predicted molar refractivity (Wildman–Crippen MR) is 75.8 cm³/mol. The van der Waals surface area contributed by atoms with Crippen LogP contribution in [0.15, 0.2) is 47.6 Å². The molecule has 2 aromatic carbocycles. The molecule has 3 N–H and O–H groups in total. The van der Waals surface area contributed by atoms with Crippen LogP contribution in [-0.4, -0.2) is 17.8 Å². The molecule has 6 nitrogen and oxygen atoms in total. The molecule has 3 rings (SSSR count). The average molecular weight is 286 g/mol. The Labute approximate surface area is 121 Å². The van der Waals surface area contributed by atoms with Gasteiger partial charge in [0.2, 0.25) is 6.79 Å². The van der Waals surface area contributed by atoms with E-state index in [1.54, 1.807) is 24.3 Å². The first-order valence-electron chi connectivity index (χ1n) is 6.36. The summed E-state index contributed by atoms with van der Waals surface area (Å²) in [6.45, 7) is 0.525. The second kappa shape index (κ2) is 5.62. The molecule has 0 saturated carbocycles. The molecule has 0 atom stereocenters. The first-order chi connectivity index (χ1) is 10.3. The van der Waals surface area contributed by atoms with E-state index in [4.69, 9.17) is 25.2 Å². The molecule has 6 heteroatoms. The van der Waals surface area contributed by atoms with Crippen molar-refractivity contribution < 1.29 is 19.4 Å². The molecule has 0 amide bonds. The summed E-state index contributed by atoms with van der Waals surface area (Å²) in [6, 6.07) is 12.7. The SMILES string of the molecule is N/C(=N\O)c1ccccc1COc1ccc2c(c1)OCO2. The molecule has 2 aromatic rings. The Kier molecular flexibility index (Phi) is 3.51. The van der Waals surface area contributed by atoms with E-state index in [1.165, 1.54) is 0 Å². The molecule has 108 valence electrons. The third-order valence-electron chi connectivity index (χ3n) is 3.14. The number of hydrogen-bond donors (Lipinski definition) is 2. The highest BCUT2D eigenvalue weighted by Gasteiger charge is 2.14. The second-order valence-electron chi connectivity index (χ2n) is 4.45. The van der Waals surface area contributed by atoms with E-state index >= 15 is 0 Å². The van der Waals surface area contributed by atoms with Gasteiger partial charge < -0.3 is 25.2 Å². The van der Waals surface area contributed by atoms with Gasteiger partial charge in [-0.2, -0.15) is 0 Å². The van der Waals surface area contributed by atoms with Gasteiger partial charge in [-0.05, 0) is 12.1 Å². The normalized spacial score (nSPS) is 13.2. The fraction of sp³-hybridized carbons (Fsp3) is 0.133. The van der Waals surface area contributed by atoms with E-state index in [0.29, 0.717) is 29.4 Å². The van der Waals surface area contributed by atoms with Gasteiger partial charge in [0.25, 0.3) is 0 Å². The second-order valence-corrected chi connectivity index (χ2v) is 4.45. The van der Waals surface area contributed by atoms with Crippen LogP contribution >= 0.6 is 0 Å².